The van der Waals surface area contributed by atoms with Crippen LogP contribution in [-0.4, -0.2) is 16.2 Å². The Hall–Kier alpha value is -0.830. The van der Waals surface area contributed by atoms with Crippen LogP contribution in [0.15, 0.2) is 26.5 Å². The number of aromatic carboxylic acids is 1. The van der Waals surface area contributed by atoms with Crippen LogP contribution in [-0.2, 0) is 0 Å². The Morgan fingerprint density at radius 2 is 1.80 bits per heavy atom. The number of hydrogen-bond acceptors (Lipinski definition) is 3. The highest BCUT2D eigenvalue weighted by Gasteiger charge is 2.23. The van der Waals surface area contributed by atoms with Gasteiger partial charge < -0.3 is 10.2 Å². The lowest BCUT2D eigenvalue weighted by molar-refractivity contribution is 0.0690. The number of rotatable bonds is 3. The lowest BCUT2D eigenvalue weighted by Gasteiger charge is -2.12. The molecule has 0 aliphatic rings. The number of thiophene rings is 1. The third-order valence-electron chi connectivity index (χ3n) is 2.55. The fourth-order valence-electron chi connectivity index (χ4n) is 1.62. The van der Waals surface area contributed by atoms with E-state index in [2.05, 4.69) is 31.9 Å². The van der Waals surface area contributed by atoms with Gasteiger partial charge >= 0.3 is 5.97 Å². The molecule has 3 nitrogen and oxygen atoms in total. The molecule has 0 amide bonds. The van der Waals surface area contributed by atoms with E-state index < -0.39 is 29.3 Å². The number of carboxylic acids is 1. The summed E-state index contributed by atoms with van der Waals surface area (Å²) in [5.41, 5.74) is -0.672. The Labute approximate surface area is 133 Å². The summed E-state index contributed by atoms with van der Waals surface area (Å²) in [7, 11) is 0. The Balaban J connectivity index is 2.56. The van der Waals surface area contributed by atoms with E-state index in [-0.39, 0.29) is 5.56 Å². The molecule has 0 radical (unpaired) electrons. The Kier molecular flexibility index (Phi) is 4.58. The Morgan fingerprint density at radius 1 is 1.20 bits per heavy atom. The van der Waals surface area contributed by atoms with Crippen LogP contribution in [0, 0.1) is 11.6 Å². The van der Waals surface area contributed by atoms with Crippen molar-refractivity contribution in [1.29, 1.82) is 0 Å². The van der Waals surface area contributed by atoms with Crippen LogP contribution in [0.25, 0.3) is 0 Å². The lowest BCUT2D eigenvalue weighted by atomic mass is 10.0. The molecular formula is C12H6Br2F2O3S. The van der Waals surface area contributed by atoms with Crippen molar-refractivity contribution >= 4 is 49.2 Å². The van der Waals surface area contributed by atoms with Crippen LogP contribution in [0.1, 0.15) is 26.9 Å². The molecule has 8 heteroatoms. The zero-order chi connectivity index (χ0) is 15.0. The zero-order valence-corrected chi connectivity index (χ0v) is 13.5. The monoisotopic (exact) mass is 426 g/mol. The van der Waals surface area contributed by atoms with Crippen LogP contribution < -0.4 is 0 Å². The van der Waals surface area contributed by atoms with E-state index in [9.17, 15) is 18.7 Å². The fraction of sp³-hybridized carbons (Fsp3) is 0.0833. The highest BCUT2D eigenvalue weighted by molar-refractivity contribution is 9.13. The predicted octanol–water partition coefficient (Wildman–Crippen LogP) is 4.33. The van der Waals surface area contributed by atoms with E-state index in [0.717, 1.165) is 11.3 Å². The van der Waals surface area contributed by atoms with Gasteiger partial charge in [0.15, 0.2) is 11.6 Å². The molecule has 0 bridgehead atoms. The van der Waals surface area contributed by atoms with Crippen LogP contribution >= 0.6 is 43.2 Å². The minimum atomic E-state index is -1.44. The second-order valence-corrected chi connectivity index (χ2v) is 7.09. The van der Waals surface area contributed by atoms with E-state index in [4.69, 9.17) is 5.11 Å². The van der Waals surface area contributed by atoms with Crippen LogP contribution in [0.2, 0.25) is 0 Å². The van der Waals surface area contributed by atoms with E-state index in [1.165, 1.54) is 0 Å². The Bertz CT molecular complexity index is 668. The zero-order valence-electron chi connectivity index (χ0n) is 9.53. The van der Waals surface area contributed by atoms with Crippen molar-refractivity contribution in [2.24, 2.45) is 0 Å². The summed E-state index contributed by atoms with van der Waals surface area (Å²) in [5.74, 6) is -3.92. The number of aliphatic hydroxyl groups is 1. The molecule has 20 heavy (non-hydrogen) atoms. The topological polar surface area (TPSA) is 57.5 Å². The van der Waals surface area contributed by atoms with E-state index >= 15 is 0 Å². The predicted molar refractivity (Wildman–Crippen MR) is 77.1 cm³/mol. The van der Waals surface area contributed by atoms with Gasteiger partial charge in [-0.05, 0) is 50.1 Å². The van der Waals surface area contributed by atoms with Gasteiger partial charge in [0.2, 0.25) is 0 Å². The molecular weight excluding hydrogens is 422 g/mol. The third-order valence-corrected chi connectivity index (χ3v) is 5.86. The first-order chi connectivity index (χ1) is 9.31. The highest BCUT2D eigenvalue weighted by Crippen LogP contribution is 2.38. The quantitative estimate of drug-likeness (QED) is 0.766. The first kappa shape index (κ1) is 15.6. The number of carboxylic acid groups (broad SMARTS) is 1. The van der Waals surface area contributed by atoms with Crippen molar-refractivity contribution in [3.05, 3.63) is 54.1 Å². The largest absolute Gasteiger partial charge is 0.478 e. The average Bonchev–Trinajstić information content (AvgIpc) is 2.71. The Morgan fingerprint density at radius 3 is 2.30 bits per heavy atom. The van der Waals surface area contributed by atoms with Gasteiger partial charge in [0.25, 0.3) is 0 Å². The number of hydrogen-bond donors (Lipinski definition) is 2. The number of carbonyl (C=O) groups is 1. The van der Waals surface area contributed by atoms with Crippen molar-refractivity contribution in [1.82, 2.24) is 0 Å². The van der Waals surface area contributed by atoms with E-state index in [1.807, 2.05) is 0 Å². The normalized spacial score (nSPS) is 12.4. The van der Waals surface area contributed by atoms with Crippen molar-refractivity contribution in [2.75, 3.05) is 0 Å². The standard InChI is InChI=1S/C12H6Br2F2O3S/c13-6-3-9(20-11(6)14)10(17)4-1-7(15)8(16)2-5(4)12(18)19/h1-3,10,17H,(H,18,19). The SMILES string of the molecule is O=C(O)c1cc(F)c(F)cc1C(O)c1cc(Br)c(Br)s1. The van der Waals surface area contributed by atoms with Gasteiger partial charge in [0.1, 0.15) is 6.10 Å². The molecule has 1 heterocycles. The molecule has 2 N–H and O–H groups in total. The van der Waals surface area contributed by atoms with Gasteiger partial charge in [0, 0.05) is 14.9 Å². The van der Waals surface area contributed by atoms with Crippen molar-refractivity contribution < 1.29 is 23.8 Å². The first-order valence-electron chi connectivity index (χ1n) is 5.16. The summed E-state index contributed by atoms with van der Waals surface area (Å²) in [6.45, 7) is 0. The number of halogens is 4. The first-order valence-corrected chi connectivity index (χ1v) is 7.56. The number of aliphatic hydroxyl groups excluding tert-OH is 1. The summed E-state index contributed by atoms with van der Waals surface area (Å²) < 4.78 is 27.8. The summed E-state index contributed by atoms with van der Waals surface area (Å²) in [5, 5.41) is 19.2. The molecule has 1 atom stereocenters. The van der Waals surface area contributed by atoms with E-state index in [0.29, 0.717) is 25.3 Å². The van der Waals surface area contributed by atoms with Gasteiger partial charge in [-0.3, -0.25) is 0 Å². The van der Waals surface area contributed by atoms with Gasteiger partial charge in [-0.25, -0.2) is 13.6 Å². The minimum absolute atomic E-state index is 0.197. The fourth-order valence-corrected chi connectivity index (χ4v) is 3.72. The molecule has 2 rings (SSSR count). The molecule has 2 aromatic rings. The summed E-state index contributed by atoms with van der Waals surface area (Å²) in [6, 6.07) is 2.84. The molecule has 1 aromatic carbocycles. The van der Waals surface area contributed by atoms with Gasteiger partial charge in [-0.15, -0.1) is 11.3 Å². The van der Waals surface area contributed by atoms with Gasteiger partial charge in [-0.2, -0.15) is 0 Å². The molecule has 0 fully saturated rings. The third kappa shape index (κ3) is 2.93. The van der Waals surface area contributed by atoms with Crippen LogP contribution in [0.5, 0.6) is 0 Å². The molecule has 0 spiro atoms. The molecule has 0 saturated heterocycles. The second kappa shape index (κ2) is 5.88. The van der Waals surface area contributed by atoms with Crippen molar-refractivity contribution in [3.63, 3.8) is 0 Å². The summed E-state index contributed by atoms with van der Waals surface area (Å²) in [4.78, 5) is 11.5. The molecule has 0 aliphatic heterocycles. The van der Waals surface area contributed by atoms with Crippen LogP contribution in [0.3, 0.4) is 0 Å². The molecule has 0 aliphatic carbocycles. The molecule has 1 aromatic heterocycles. The summed E-state index contributed by atoms with van der Waals surface area (Å²) in [6.07, 6.45) is -1.36. The van der Waals surface area contributed by atoms with Crippen molar-refractivity contribution in [3.8, 4) is 0 Å². The van der Waals surface area contributed by atoms with Crippen molar-refractivity contribution in [2.45, 2.75) is 6.10 Å². The molecule has 106 valence electrons. The van der Waals surface area contributed by atoms with Gasteiger partial charge in [0.05, 0.1) is 9.35 Å². The van der Waals surface area contributed by atoms with Crippen LogP contribution in [0.4, 0.5) is 8.78 Å². The smallest absolute Gasteiger partial charge is 0.336 e. The minimum Gasteiger partial charge on any atom is -0.478 e. The highest BCUT2D eigenvalue weighted by atomic mass is 79.9. The summed E-state index contributed by atoms with van der Waals surface area (Å²) >= 11 is 7.63. The maximum Gasteiger partial charge on any atom is 0.336 e. The second-order valence-electron chi connectivity index (χ2n) is 3.83. The average molecular weight is 428 g/mol. The number of benzene rings is 1. The lowest BCUT2D eigenvalue weighted by Crippen LogP contribution is -2.09. The molecule has 0 saturated carbocycles. The van der Waals surface area contributed by atoms with E-state index in [1.54, 1.807) is 6.07 Å². The maximum absolute atomic E-state index is 13.3. The van der Waals surface area contributed by atoms with Gasteiger partial charge in [-0.1, -0.05) is 0 Å². The maximum atomic E-state index is 13.3. The molecule has 1 unspecified atom stereocenters.